The average molecular weight is 376 g/mol. The third-order valence-corrected chi connectivity index (χ3v) is 4.44. The maximum Gasteiger partial charge on any atom is 0.241 e. The normalized spacial score (nSPS) is 11.1. The van der Waals surface area contributed by atoms with Gasteiger partial charge in [-0.1, -0.05) is 0 Å². The quantitative estimate of drug-likeness (QED) is 0.430. The van der Waals surface area contributed by atoms with Gasteiger partial charge in [0.25, 0.3) is 0 Å². The van der Waals surface area contributed by atoms with E-state index in [0.717, 1.165) is 24.3 Å². The van der Waals surface area contributed by atoms with Gasteiger partial charge in [0, 0.05) is 11.6 Å². The maximum absolute atomic E-state index is 13.9. The van der Waals surface area contributed by atoms with Crippen molar-refractivity contribution in [3.05, 3.63) is 71.1 Å². The maximum atomic E-state index is 13.9. The number of hydrogen-bond donors (Lipinski definition) is 0. The molecule has 0 saturated carbocycles. The molecule has 0 amide bonds. The van der Waals surface area contributed by atoms with Crippen LogP contribution in [0.3, 0.4) is 0 Å². The van der Waals surface area contributed by atoms with E-state index in [-0.39, 0.29) is 23.0 Å². The number of halogens is 4. The molecule has 2 heterocycles. The molecular weight excluding hydrogens is 368 g/mol. The van der Waals surface area contributed by atoms with Crippen LogP contribution in [0.2, 0.25) is 0 Å². The first-order chi connectivity index (χ1) is 12.5. The Labute approximate surface area is 148 Å². The Bertz CT molecular complexity index is 1130. The van der Waals surface area contributed by atoms with Crippen LogP contribution in [0, 0.1) is 23.3 Å². The van der Waals surface area contributed by atoms with Crippen LogP contribution in [0.25, 0.3) is 21.6 Å². The molecule has 3 nitrogen and oxygen atoms in total. The molecule has 26 heavy (non-hydrogen) atoms. The predicted octanol–water partition coefficient (Wildman–Crippen LogP) is 5.71. The molecule has 0 spiro atoms. The minimum Gasteiger partial charge on any atom is -0.434 e. The zero-order chi connectivity index (χ0) is 18.3. The molecule has 0 unspecified atom stereocenters. The van der Waals surface area contributed by atoms with E-state index in [1.807, 2.05) is 0 Å². The van der Waals surface area contributed by atoms with Crippen molar-refractivity contribution in [3.63, 3.8) is 0 Å². The number of benzene rings is 2. The van der Waals surface area contributed by atoms with Gasteiger partial charge in [-0.05, 0) is 41.8 Å². The van der Waals surface area contributed by atoms with Gasteiger partial charge in [0.15, 0.2) is 29.0 Å². The summed E-state index contributed by atoms with van der Waals surface area (Å²) in [5, 5.41) is 1.74. The van der Waals surface area contributed by atoms with Gasteiger partial charge in [0.2, 0.25) is 5.88 Å². The highest BCUT2D eigenvalue weighted by molar-refractivity contribution is 7.17. The van der Waals surface area contributed by atoms with Gasteiger partial charge in [-0.2, -0.15) is 4.98 Å². The Morgan fingerprint density at radius 1 is 0.808 bits per heavy atom. The van der Waals surface area contributed by atoms with Crippen molar-refractivity contribution in [2.24, 2.45) is 0 Å². The lowest BCUT2D eigenvalue weighted by Gasteiger charge is -2.09. The van der Waals surface area contributed by atoms with E-state index in [0.29, 0.717) is 16.3 Å². The first kappa shape index (κ1) is 16.5. The summed E-state index contributed by atoms with van der Waals surface area (Å²) in [6.07, 6.45) is 0. The van der Waals surface area contributed by atoms with Crippen LogP contribution in [0.5, 0.6) is 11.6 Å². The number of thiophene rings is 1. The van der Waals surface area contributed by atoms with Crippen LogP contribution < -0.4 is 4.74 Å². The molecule has 8 heteroatoms. The number of aromatic nitrogens is 2. The summed E-state index contributed by atoms with van der Waals surface area (Å²) in [5.41, 5.74) is 0.740. The van der Waals surface area contributed by atoms with Gasteiger partial charge in [-0.25, -0.2) is 22.5 Å². The Morgan fingerprint density at radius 3 is 2.42 bits per heavy atom. The number of nitrogens with zero attached hydrogens (tertiary/aromatic N) is 2. The molecule has 4 aromatic rings. The van der Waals surface area contributed by atoms with Crippen molar-refractivity contribution in [1.29, 1.82) is 0 Å². The molecule has 0 radical (unpaired) electrons. The standard InChI is InChI=1S/C18H8F4N2OS/c19-10-2-4-15(13(22)8-10)25-18-16-14(5-6-26-16)23-17(24-18)9-1-3-11(20)12(21)7-9/h1-8H. The fraction of sp³-hybridized carbons (Fsp3) is 0. The van der Waals surface area contributed by atoms with E-state index in [1.165, 1.54) is 17.4 Å². The Balaban J connectivity index is 1.83. The summed E-state index contributed by atoms with van der Waals surface area (Å²) in [7, 11) is 0. The molecule has 2 aromatic carbocycles. The highest BCUT2D eigenvalue weighted by atomic mass is 32.1. The van der Waals surface area contributed by atoms with Crippen molar-refractivity contribution in [1.82, 2.24) is 9.97 Å². The van der Waals surface area contributed by atoms with Crippen LogP contribution in [-0.4, -0.2) is 9.97 Å². The summed E-state index contributed by atoms with van der Waals surface area (Å²) >= 11 is 1.27. The van der Waals surface area contributed by atoms with Gasteiger partial charge < -0.3 is 4.74 Å². The lowest BCUT2D eigenvalue weighted by atomic mass is 10.2. The van der Waals surface area contributed by atoms with E-state index < -0.39 is 23.3 Å². The van der Waals surface area contributed by atoms with Crippen LogP contribution in [-0.2, 0) is 0 Å². The van der Waals surface area contributed by atoms with Crippen molar-refractivity contribution in [3.8, 4) is 23.0 Å². The molecular formula is C18H8F4N2OS. The number of fused-ring (bicyclic) bond motifs is 1. The first-order valence-corrected chi connectivity index (χ1v) is 8.23. The van der Waals surface area contributed by atoms with Crippen molar-refractivity contribution in [2.45, 2.75) is 0 Å². The van der Waals surface area contributed by atoms with Gasteiger partial charge in [-0.3, -0.25) is 0 Å². The van der Waals surface area contributed by atoms with Crippen LogP contribution in [0.15, 0.2) is 47.8 Å². The van der Waals surface area contributed by atoms with Crippen molar-refractivity contribution < 1.29 is 22.3 Å². The number of hydrogen-bond acceptors (Lipinski definition) is 4. The first-order valence-electron chi connectivity index (χ1n) is 7.35. The van der Waals surface area contributed by atoms with E-state index in [1.54, 1.807) is 11.4 Å². The molecule has 130 valence electrons. The topological polar surface area (TPSA) is 35.0 Å². The molecule has 0 aliphatic heterocycles. The summed E-state index contributed by atoms with van der Waals surface area (Å²) in [6.45, 7) is 0. The molecule has 0 atom stereocenters. The molecule has 0 N–H and O–H groups in total. The second kappa shape index (κ2) is 6.38. The third-order valence-electron chi connectivity index (χ3n) is 3.55. The number of ether oxygens (including phenoxy) is 1. The molecule has 0 aliphatic rings. The zero-order valence-electron chi connectivity index (χ0n) is 12.8. The predicted molar refractivity (Wildman–Crippen MR) is 89.2 cm³/mol. The van der Waals surface area contributed by atoms with Gasteiger partial charge in [0.05, 0.1) is 5.52 Å². The van der Waals surface area contributed by atoms with E-state index in [2.05, 4.69) is 9.97 Å². The Morgan fingerprint density at radius 2 is 1.65 bits per heavy atom. The van der Waals surface area contributed by atoms with Gasteiger partial charge >= 0.3 is 0 Å². The second-order valence-corrected chi connectivity index (χ2v) is 6.21. The van der Waals surface area contributed by atoms with E-state index in [4.69, 9.17) is 4.74 Å². The molecule has 0 saturated heterocycles. The Hall–Kier alpha value is -3.00. The second-order valence-electron chi connectivity index (χ2n) is 5.29. The van der Waals surface area contributed by atoms with Gasteiger partial charge in [0.1, 0.15) is 10.5 Å². The van der Waals surface area contributed by atoms with Crippen molar-refractivity contribution in [2.75, 3.05) is 0 Å². The third kappa shape index (κ3) is 2.99. The summed E-state index contributed by atoms with van der Waals surface area (Å²) in [5.74, 6) is -3.73. The highest BCUT2D eigenvalue weighted by Crippen LogP contribution is 2.34. The SMILES string of the molecule is Fc1ccc(Oc2nc(-c3ccc(F)c(F)c3)nc3ccsc23)c(F)c1. The van der Waals surface area contributed by atoms with Crippen LogP contribution in [0.1, 0.15) is 0 Å². The lowest BCUT2D eigenvalue weighted by Crippen LogP contribution is -1.97. The average Bonchev–Trinajstić information content (AvgIpc) is 3.08. The minimum atomic E-state index is -1.04. The van der Waals surface area contributed by atoms with E-state index in [9.17, 15) is 17.6 Å². The molecule has 0 bridgehead atoms. The highest BCUT2D eigenvalue weighted by Gasteiger charge is 2.16. The number of rotatable bonds is 3. The zero-order valence-corrected chi connectivity index (χ0v) is 13.7. The summed E-state index contributed by atoms with van der Waals surface area (Å²) in [6, 6.07) is 7.84. The summed E-state index contributed by atoms with van der Waals surface area (Å²) in [4.78, 5) is 8.49. The smallest absolute Gasteiger partial charge is 0.241 e. The molecule has 4 rings (SSSR count). The largest absolute Gasteiger partial charge is 0.434 e. The molecule has 2 aromatic heterocycles. The molecule has 0 aliphatic carbocycles. The van der Waals surface area contributed by atoms with Crippen LogP contribution >= 0.6 is 11.3 Å². The lowest BCUT2D eigenvalue weighted by molar-refractivity contribution is 0.429. The molecule has 0 fully saturated rings. The fourth-order valence-corrected chi connectivity index (χ4v) is 3.09. The monoisotopic (exact) mass is 376 g/mol. The minimum absolute atomic E-state index is 0.0373. The Kier molecular flexibility index (Phi) is 4.04. The van der Waals surface area contributed by atoms with Crippen LogP contribution in [0.4, 0.5) is 17.6 Å². The fourth-order valence-electron chi connectivity index (χ4n) is 2.33. The summed E-state index contributed by atoms with van der Waals surface area (Å²) < 4.78 is 59.7. The van der Waals surface area contributed by atoms with E-state index >= 15 is 0 Å². The van der Waals surface area contributed by atoms with Gasteiger partial charge in [-0.15, -0.1) is 11.3 Å². The van der Waals surface area contributed by atoms with Crippen molar-refractivity contribution >= 4 is 21.6 Å².